The quantitative estimate of drug-likeness (QED) is 0.900. The number of ketones is 1. The highest BCUT2D eigenvalue weighted by Gasteiger charge is 2.44. The number of ether oxygens (including phenoxy) is 1. The van der Waals surface area contributed by atoms with E-state index >= 15 is 0 Å². The number of Topliss-reactive ketones (excluding diaryl/α,β-unsaturated/α-hetero) is 1. The molecule has 0 radical (unpaired) electrons. The molecule has 1 N–H and O–H groups in total. The normalized spacial score (nSPS) is 17.5. The van der Waals surface area contributed by atoms with E-state index < -0.39 is 17.7 Å². The van der Waals surface area contributed by atoms with Crippen LogP contribution in [0.25, 0.3) is 0 Å². The fraction of sp³-hybridized carbons (Fsp3) is 0.222. The van der Waals surface area contributed by atoms with E-state index in [1.807, 2.05) is 17.5 Å². The van der Waals surface area contributed by atoms with Crippen LogP contribution in [-0.2, 0) is 9.59 Å². The molecule has 0 aliphatic carbocycles. The molecule has 1 aliphatic heterocycles. The van der Waals surface area contributed by atoms with Gasteiger partial charge in [0.15, 0.2) is 11.5 Å². The van der Waals surface area contributed by atoms with E-state index in [0.717, 1.165) is 4.88 Å². The van der Waals surface area contributed by atoms with Gasteiger partial charge in [-0.2, -0.15) is 0 Å². The molecule has 2 heterocycles. The summed E-state index contributed by atoms with van der Waals surface area (Å²) in [5.74, 6) is -0.582. The van der Waals surface area contributed by atoms with E-state index in [1.54, 1.807) is 38.3 Å². The first-order valence-corrected chi connectivity index (χ1v) is 8.43. The van der Waals surface area contributed by atoms with Crippen molar-refractivity contribution in [3.8, 4) is 5.75 Å². The van der Waals surface area contributed by atoms with Gasteiger partial charge in [0.25, 0.3) is 5.91 Å². The first-order valence-electron chi connectivity index (χ1n) is 7.55. The van der Waals surface area contributed by atoms with Gasteiger partial charge in [0.05, 0.1) is 12.7 Å². The van der Waals surface area contributed by atoms with Crippen LogP contribution in [0.2, 0.25) is 0 Å². The summed E-state index contributed by atoms with van der Waals surface area (Å²) in [7, 11) is 1.57. The predicted molar refractivity (Wildman–Crippen MR) is 92.5 cm³/mol. The summed E-state index contributed by atoms with van der Waals surface area (Å²) < 4.78 is 5.14. The van der Waals surface area contributed by atoms with Gasteiger partial charge in [0.2, 0.25) is 0 Å². The lowest BCUT2D eigenvalue weighted by atomic mass is 10.00. The van der Waals surface area contributed by atoms with Crippen LogP contribution < -0.4 is 9.64 Å². The van der Waals surface area contributed by atoms with Crippen molar-refractivity contribution < 1.29 is 19.4 Å². The van der Waals surface area contributed by atoms with Gasteiger partial charge in [-0.25, -0.2) is 0 Å². The molecule has 0 saturated carbocycles. The molecule has 0 fully saturated rings. The van der Waals surface area contributed by atoms with Gasteiger partial charge >= 0.3 is 0 Å². The summed E-state index contributed by atoms with van der Waals surface area (Å²) in [6.07, 6.45) is 0.227. The van der Waals surface area contributed by atoms with Crippen LogP contribution in [-0.4, -0.2) is 23.9 Å². The molecule has 1 unspecified atom stereocenters. The third kappa shape index (κ3) is 2.59. The fourth-order valence-corrected chi connectivity index (χ4v) is 3.63. The average molecular weight is 343 g/mol. The molecule has 0 bridgehead atoms. The number of carbonyl (C=O) groups is 2. The van der Waals surface area contributed by atoms with Crippen LogP contribution in [0.4, 0.5) is 5.69 Å². The number of hydrogen-bond acceptors (Lipinski definition) is 5. The molecule has 1 aromatic carbocycles. The maximum absolute atomic E-state index is 12.6. The van der Waals surface area contributed by atoms with E-state index in [-0.39, 0.29) is 17.8 Å². The first-order chi connectivity index (χ1) is 11.6. The minimum absolute atomic E-state index is 0.167. The Hall–Kier alpha value is -2.60. The molecular weight excluding hydrogens is 326 g/mol. The summed E-state index contributed by atoms with van der Waals surface area (Å²) >= 11 is 1.45. The number of aliphatic hydroxyl groups is 1. The maximum Gasteiger partial charge on any atom is 0.294 e. The number of hydrogen-bond donors (Lipinski definition) is 1. The Bertz CT molecular complexity index is 793. The SMILES string of the molecule is CCC(=O)C1=C(O)C(=O)N(c2ccc(OC)cc2)C1c1cccs1. The van der Waals surface area contributed by atoms with E-state index in [4.69, 9.17) is 4.74 Å². The van der Waals surface area contributed by atoms with Crippen LogP contribution in [0.15, 0.2) is 53.1 Å². The number of thiophene rings is 1. The van der Waals surface area contributed by atoms with Crippen molar-refractivity contribution in [3.63, 3.8) is 0 Å². The fourth-order valence-electron chi connectivity index (χ4n) is 2.81. The zero-order valence-corrected chi connectivity index (χ0v) is 14.2. The molecule has 0 spiro atoms. The highest BCUT2D eigenvalue weighted by atomic mass is 32.1. The zero-order chi connectivity index (χ0) is 17.3. The number of methoxy groups -OCH3 is 1. The molecule has 1 aliphatic rings. The molecule has 2 aromatic rings. The Balaban J connectivity index is 2.11. The molecule has 1 amide bonds. The number of aliphatic hydroxyl groups excluding tert-OH is 1. The molecule has 24 heavy (non-hydrogen) atoms. The second kappa shape index (κ2) is 6.49. The number of nitrogens with zero attached hydrogens (tertiary/aromatic N) is 1. The van der Waals surface area contributed by atoms with Crippen LogP contribution in [0, 0.1) is 0 Å². The lowest BCUT2D eigenvalue weighted by molar-refractivity contribution is -0.118. The molecule has 1 atom stereocenters. The van der Waals surface area contributed by atoms with Crippen molar-refractivity contribution >= 4 is 28.7 Å². The van der Waals surface area contributed by atoms with E-state index in [0.29, 0.717) is 11.4 Å². The van der Waals surface area contributed by atoms with Crippen molar-refractivity contribution in [3.05, 3.63) is 58.0 Å². The monoisotopic (exact) mass is 343 g/mol. The average Bonchev–Trinajstić information content (AvgIpc) is 3.22. The summed E-state index contributed by atoms with van der Waals surface area (Å²) in [6.45, 7) is 1.72. The number of benzene rings is 1. The van der Waals surface area contributed by atoms with Crippen molar-refractivity contribution in [2.75, 3.05) is 12.0 Å². The maximum atomic E-state index is 12.6. The topological polar surface area (TPSA) is 66.8 Å². The Morgan fingerprint density at radius 3 is 2.54 bits per heavy atom. The Labute approximate surface area is 143 Å². The minimum atomic E-state index is -0.599. The molecule has 124 valence electrons. The van der Waals surface area contributed by atoms with Gasteiger partial charge in [-0.05, 0) is 35.7 Å². The van der Waals surface area contributed by atoms with Crippen molar-refractivity contribution in [1.29, 1.82) is 0 Å². The van der Waals surface area contributed by atoms with Gasteiger partial charge in [-0.15, -0.1) is 11.3 Å². The van der Waals surface area contributed by atoms with E-state index in [2.05, 4.69) is 0 Å². The lowest BCUT2D eigenvalue weighted by Crippen LogP contribution is -2.30. The van der Waals surface area contributed by atoms with Crippen LogP contribution in [0.1, 0.15) is 24.3 Å². The Morgan fingerprint density at radius 1 is 1.29 bits per heavy atom. The minimum Gasteiger partial charge on any atom is -0.503 e. The van der Waals surface area contributed by atoms with Gasteiger partial charge < -0.3 is 9.84 Å². The van der Waals surface area contributed by atoms with Gasteiger partial charge in [0.1, 0.15) is 11.8 Å². The number of carbonyl (C=O) groups excluding carboxylic acids is 2. The largest absolute Gasteiger partial charge is 0.503 e. The molecule has 1 aromatic heterocycles. The molecule has 6 heteroatoms. The van der Waals surface area contributed by atoms with Crippen LogP contribution >= 0.6 is 11.3 Å². The highest BCUT2D eigenvalue weighted by molar-refractivity contribution is 7.10. The summed E-state index contributed by atoms with van der Waals surface area (Å²) in [4.78, 5) is 27.3. The second-order valence-electron chi connectivity index (χ2n) is 5.33. The summed E-state index contributed by atoms with van der Waals surface area (Å²) in [6, 6.07) is 10.1. The number of rotatable bonds is 5. The Kier molecular flexibility index (Phi) is 4.40. The zero-order valence-electron chi connectivity index (χ0n) is 13.4. The Morgan fingerprint density at radius 2 is 2.00 bits per heavy atom. The third-order valence-electron chi connectivity index (χ3n) is 3.99. The van der Waals surface area contributed by atoms with E-state index in [1.165, 1.54) is 16.2 Å². The molecular formula is C18H17NO4S. The van der Waals surface area contributed by atoms with E-state index in [9.17, 15) is 14.7 Å². The second-order valence-corrected chi connectivity index (χ2v) is 6.31. The molecule has 3 rings (SSSR count). The van der Waals surface area contributed by atoms with Crippen LogP contribution in [0.5, 0.6) is 5.75 Å². The van der Waals surface area contributed by atoms with Crippen molar-refractivity contribution in [2.24, 2.45) is 0 Å². The van der Waals surface area contributed by atoms with Crippen molar-refractivity contribution in [1.82, 2.24) is 0 Å². The van der Waals surface area contributed by atoms with Gasteiger partial charge in [0, 0.05) is 17.0 Å². The summed E-state index contributed by atoms with van der Waals surface area (Å²) in [5.41, 5.74) is 0.769. The van der Waals surface area contributed by atoms with Crippen LogP contribution in [0.3, 0.4) is 0 Å². The predicted octanol–water partition coefficient (Wildman–Crippen LogP) is 3.64. The third-order valence-corrected chi connectivity index (χ3v) is 4.92. The van der Waals surface area contributed by atoms with Crippen molar-refractivity contribution in [2.45, 2.75) is 19.4 Å². The smallest absolute Gasteiger partial charge is 0.294 e. The number of amides is 1. The van der Waals surface area contributed by atoms with Gasteiger partial charge in [-0.3, -0.25) is 14.5 Å². The number of anilines is 1. The highest BCUT2D eigenvalue weighted by Crippen LogP contribution is 2.42. The molecule has 5 nitrogen and oxygen atoms in total. The first kappa shape index (κ1) is 16.3. The summed E-state index contributed by atoms with van der Waals surface area (Å²) in [5, 5.41) is 12.2. The standard InChI is InChI=1S/C18H17NO4S/c1-3-13(20)15-16(14-5-4-10-24-14)19(18(22)17(15)21)11-6-8-12(23-2)9-7-11/h4-10,16,21H,3H2,1-2H3. The van der Waals surface area contributed by atoms with Gasteiger partial charge in [-0.1, -0.05) is 13.0 Å². The lowest BCUT2D eigenvalue weighted by Gasteiger charge is -2.25. The molecule has 0 saturated heterocycles.